The molecule has 0 bridgehead atoms. The van der Waals surface area contributed by atoms with E-state index in [2.05, 4.69) is 17.1 Å². The maximum absolute atomic E-state index is 12.3. The Morgan fingerprint density at radius 3 is 2.68 bits per heavy atom. The predicted octanol–water partition coefficient (Wildman–Crippen LogP) is 1.49. The van der Waals surface area contributed by atoms with Gasteiger partial charge in [-0.05, 0) is 39.2 Å². The lowest BCUT2D eigenvalue weighted by Crippen LogP contribution is -2.53. The molecule has 3 N–H and O–H groups in total. The van der Waals surface area contributed by atoms with Gasteiger partial charge in [0.2, 0.25) is 5.91 Å². The summed E-state index contributed by atoms with van der Waals surface area (Å²) in [7, 11) is 0. The van der Waals surface area contributed by atoms with E-state index < -0.39 is 0 Å². The first-order valence-corrected chi connectivity index (χ1v) is 7.85. The lowest BCUT2D eigenvalue weighted by atomic mass is 9.74. The molecule has 1 amide bonds. The lowest BCUT2D eigenvalue weighted by Gasteiger charge is -2.37. The number of nitrogens with two attached hydrogens (primary N) is 1. The summed E-state index contributed by atoms with van der Waals surface area (Å²) >= 11 is 0. The van der Waals surface area contributed by atoms with Crippen LogP contribution in [0.2, 0.25) is 0 Å². The first-order chi connectivity index (χ1) is 9.04. The van der Waals surface area contributed by atoms with Crippen molar-refractivity contribution in [2.45, 2.75) is 64.0 Å². The Labute approximate surface area is 117 Å². The van der Waals surface area contributed by atoms with Gasteiger partial charge in [0.15, 0.2) is 0 Å². The molecule has 19 heavy (non-hydrogen) atoms. The standard InChI is InChI=1S/C15H29N3O/c1-3-18(12-7-8-12)11-10-17-14(19)13-6-4-5-9-15(13,2)16/h12-13H,3-11,16H2,1-2H3,(H,17,19). The maximum atomic E-state index is 12.3. The van der Waals surface area contributed by atoms with Crippen LogP contribution in [0.4, 0.5) is 0 Å². The first-order valence-electron chi connectivity index (χ1n) is 7.85. The summed E-state index contributed by atoms with van der Waals surface area (Å²) in [6.07, 6.45) is 6.85. The Morgan fingerprint density at radius 2 is 2.11 bits per heavy atom. The van der Waals surface area contributed by atoms with Crippen molar-refractivity contribution in [1.29, 1.82) is 0 Å². The van der Waals surface area contributed by atoms with Gasteiger partial charge in [-0.3, -0.25) is 9.69 Å². The molecule has 0 aromatic rings. The molecule has 2 unspecified atom stereocenters. The second kappa shape index (κ2) is 6.23. The highest BCUT2D eigenvalue weighted by Gasteiger charge is 2.37. The number of rotatable bonds is 6. The molecule has 0 saturated heterocycles. The van der Waals surface area contributed by atoms with Crippen molar-refractivity contribution in [3.05, 3.63) is 0 Å². The van der Waals surface area contributed by atoms with Crippen LogP contribution in [0, 0.1) is 5.92 Å². The van der Waals surface area contributed by atoms with Crippen LogP contribution in [0.15, 0.2) is 0 Å². The number of hydrogen-bond acceptors (Lipinski definition) is 3. The van der Waals surface area contributed by atoms with Crippen LogP contribution in [-0.2, 0) is 4.79 Å². The highest BCUT2D eigenvalue weighted by molar-refractivity contribution is 5.80. The molecule has 0 spiro atoms. The molecule has 4 heteroatoms. The van der Waals surface area contributed by atoms with E-state index >= 15 is 0 Å². The summed E-state index contributed by atoms with van der Waals surface area (Å²) < 4.78 is 0. The molecule has 0 aromatic carbocycles. The number of likely N-dealkylation sites (N-methyl/N-ethyl adjacent to an activating group) is 1. The van der Waals surface area contributed by atoms with Crippen LogP contribution in [0.5, 0.6) is 0 Å². The van der Waals surface area contributed by atoms with Crippen molar-refractivity contribution in [3.8, 4) is 0 Å². The van der Waals surface area contributed by atoms with E-state index in [0.717, 1.165) is 51.4 Å². The van der Waals surface area contributed by atoms with Crippen LogP contribution in [-0.4, -0.2) is 42.0 Å². The van der Waals surface area contributed by atoms with Gasteiger partial charge in [-0.15, -0.1) is 0 Å². The largest absolute Gasteiger partial charge is 0.355 e. The van der Waals surface area contributed by atoms with E-state index in [0.29, 0.717) is 0 Å². The van der Waals surface area contributed by atoms with Gasteiger partial charge in [-0.1, -0.05) is 19.8 Å². The molecule has 2 aliphatic carbocycles. The lowest BCUT2D eigenvalue weighted by molar-refractivity contribution is -0.128. The van der Waals surface area contributed by atoms with Crippen LogP contribution in [0.25, 0.3) is 0 Å². The fourth-order valence-electron chi connectivity index (χ4n) is 3.27. The van der Waals surface area contributed by atoms with Crippen LogP contribution in [0.1, 0.15) is 52.4 Å². The smallest absolute Gasteiger partial charge is 0.225 e. The van der Waals surface area contributed by atoms with Crippen LogP contribution >= 0.6 is 0 Å². The number of nitrogens with one attached hydrogen (secondary N) is 1. The molecule has 2 fully saturated rings. The summed E-state index contributed by atoms with van der Waals surface area (Å²) in [5.74, 6) is 0.161. The Bertz CT molecular complexity index is 313. The molecule has 2 rings (SSSR count). The average molecular weight is 267 g/mol. The monoisotopic (exact) mass is 267 g/mol. The van der Waals surface area contributed by atoms with Crippen molar-refractivity contribution in [2.75, 3.05) is 19.6 Å². The highest BCUT2D eigenvalue weighted by Crippen LogP contribution is 2.31. The molecule has 2 atom stereocenters. The summed E-state index contributed by atoms with van der Waals surface area (Å²) in [5.41, 5.74) is 5.95. The first kappa shape index (κ1) is 14.8. The quantitative estimate of drug-likeness (QED) is 0.766. The summed E-state index contributed by atoms with van der Waals surface area (Å²) in [4.78, 5) is 14.7. The predicted molar refractivity (Wildman–Crippen MR) is 77.8 cm³/mol. The maximum Gasteiger partial charge on any atom is 0.225 e. The van der Waals surface area contributed by atoms with Crippen molar-refractivity contribution in [1.82, 2.24) is 10.2 Å². The third-order valence-corrected chi connectivity index (χ3v) is 4.74. The Balaban J connectivity index is 1.74. The van der Waals surface area contributed by atoms with Crippen molar-refractivity contribution in [2.24, 2.45) is 11.7 Å². The van der Waals surface area contributed by atoms with Gasteiger partial charge in [0, 0.05) is 24.7 Å². The Kier molecular flexibility index (Phi) is 4.85. The van der Waals surface area contributed by atoms with Gasteiger partial charge in [0.1, 0.15) is 0 Å². The van der Waals surface area contributed by atoms with Crippen molar-refractivity contribution in [3.63, 3.8) is 0 Å². The highest BCUT2D eigenvalue weighted by atomic mass is 16.1. The zero-order valence-electron chi connectivity index (χ0n) is 12.5. The minimum atomic E-state index is -0.316. The molecule has 110 valence electrons. The number of amides is 1. The fraction of sp³-hybridized carbons (Fsp3) is 0.933. The molecule has 4 nitrogen and oxygen atoms in total. The third-order valence-electron chi connectivity index (χ3n) is 4.74. The van der Waals surface area contributed by atoms with E-state index in [-0.39, 0.29) is 17.4 Å². The number of carbonyl (C=O) groups excluding carboxylic acids is 1. The normalized spacial score (nSPS) is 31.5. The van der Waals surface area contributed by atoms with Gasteiger partial charge in [0.05, 0.1) is 5.92 Å². The fourth-order valence-corrected chi connectivity index (χ4v) is 3.27. The Morgan fingerprint density at radius 1 is 1.37 bits per heavy atom. The van der Waals surface area contributed by atoms with Gasteiger partial charge < -0.3 is 11.1 Å². The zero-order chi connectivity index (χ0) is 13.9. The van der Waals surface area contributed by atoms with E-state index in [1.165, 1.54) is 12.8 Å². The molecule has 0 heterocycles. The average Bonchev–Trinajstić information content (AvgIpc) is 3.18. The molecule has 2 saturated carbocycles. The molecule has 0 radical (unpaired) electrons. The van der Waals surface area contributed by atoms with E-state index in [9.17, 15) is 4.79 Å². The van der Waals surface area contributed by atoms with E-state index in [1.807, 2.05) is 6.92 Å². The molecular weight excluding hydrogens is 238 g/mol. The number of hydrogen-bond donors (Lipinski definition) is 2. The minimum absolute atomic E-state index is 0.00254. The number of nitrogens with zero attached hydrogens (tertiary/aromatic N) is 1. The summed E-state index contributed by atoms with van der Waals surface area (Å²) in [6.45, 7) is 7.03. The summed E-state index contributed by atoms with van der Waals surface area (Å²) in [5, 5.41) is 3.09. The van der Waals surface area contributed by atoms with Gasteiger partial charge in [0.25, 0.3) is 0 Å². The van der Waals surface area contributed by atoms with Crippen LogP contribution in [0.3, 0.4) is 0 Å². The van der Waals surface area contributed by atoms with Crippen molar-refractivity contribution < 1.29 is 4.79 Å². The van der Waals surface area contributed by atoms with Gasteiger partial charge >= 0.3 is 0 Å². The second-order valence-electron chi connectivity index (χ2n) is 6.45. The molecule has 2 aliphatic rings. The molecule has 0 aliphatic heterocycles. The number of carbonyl (C=O) groups is 1. The van der Waals surface area contributed by atoms with Crippen LogP contribution < -0.4 is 11.1 Å². The second-order valence-corrected chi connectivity index (χ2v) is 6.45. The van der Waals surface area contributed by atoms with E-state index in [4.69, 9.17) is 5.73 Å². The van der Waals surface area contributed by atoms with Gasteiger partial charge in [-0.2, -0.15) is 0 Å². The zero-order valence-corrected chi connectivity index (χ0v) is 12.5. The SMILES string of the molecule is CCN(CCNC(=O)C1CCCCC1(C)N)C1CC1. The van der Waals surface area contributed by atoms with Crippen molar-refractivity contribution >= 4 is 5.91 Å². The van der Waals surface area contributed by atoms with E-state index in [1.54, 1.807) is 0 Å². The molecular formula is C15H29N3O. The van der Waals surface area contributed by atoms with Gasteiger partial charge in [-0.25, -0.2) is 0 Å². The summed E-state index contributed by atoms with van der Waals surface area (Å²) in [6, 6.07) is 0.774. The molecule has 0 aromatic heterocycles. The Hall–Kier alpha value is -0.610. The third kappa shape index (κ3) is 3.93. The minimum Gasteiger partial charge on any atom is -0.355 e. The topological polar surface area (TPSA) is 58.4 Å².